The van der Waals surface area contributed by atoms with E-state index in [0.29, 0.717) is 11.7 Å². The summed E-state index contributed by atoms with van der Waals surface area (Å²) in [5.74, 6) is 0.963. The zero-order valence-electron chi connectivity index (χ0n) is 13.0. The minimum atomic E-state index is -0.222. The SMILES string of the molecule is C[C@H](C(=O)Nc1cc(C2CC2)[nH]n1)c1ccc2ccccc2c1. The molecule has 0 unspecified atom stereocenters. The number of nitrogens with one attached hydrogen (secondary N) is 2. The van der Waals surface area contributed by atoms with Gasteiger partial charge in [0.25, 0.3) is 0 Å². The second-order valence-corrected chi connectivity index (χ2v) is 6.30. The predicted molar refractivity (Wildman–Crippen MR) is 91.6 cm³/mol. The molecule has 2 N–H and O–H groups in total. The molecule has 116 valence electrons. The van der Waals surface area contributed by atoms with Gasteiger partial charge >= 0.3 is 0 Å². The number of hydrogen-bond donors (Lipinski definition) is 2. The average molecular weight is 305 g/mol. The van der Waals surface area contributed by atoms with E-state index in [4.69, 9.17) is 0 Å². The van der Waals surface area contributed by atoms with Gasteiger partial charge in [0.05, 0.1) is 5.92 Å². The van der Waals surface area contributed by atoms with Crippen molar-refractivity contribution in [1.29, 1.82) is 0 Å². The number of H-pyrrole nitrogens is 1. The third-order valence-corrected chi connectivity index (χ3v) is 4.53. The molecule has 0 radical (unpaired) electrons. The van der Waals surface area contributed by atoms with Crippen LogP contribution in [0.4, 0.5) is 5.82 Å². The van der Waals surface area contributed by atoms with Gasteiger partial charge in [-0.15, -0.1) is 0 Å². The second-order valence-electron chi connectivity index (χ2n) is 6.30. The molecular formula is C19H19N3O. The van der Waals surface area contributed by atoms with E-state index in [0.717, 1.165) is 16.6 Å². The molecule has 1 aliphatic rings. The molecule has 1 atom stereocenters. The lowest BCUT2D eigenvalue weighted by atomic mass is 9.97. The average Bonchev–Trinajstić information content (AvgIpc) is 3.33. The predicted octanol–water partition coefficient (Wildman–Crippen LogP) is 4.18. The van der Waals surface area contributed by atoms with Crippen molar-refractivity contribution in [3.8, 4) is 0 Å². The Labute approximate surface area is 134 Å². The van der Waals surface area contributed by atoms with Crippen molar-refractivity contribution in [3.05, 3.63) is 59.8 Å². The number of carbonyl (C=O) groups excluding carboxylic acids is 1. The van der Waals surface area contributed by atoms with Gasteiger partial charge in [-0.1, -0.05) is 42.5 Å². The molecule has 1 saturated carbocycles. The fourth-order valence-corrected chi connectivity index (χ4v) is 2.87. The van der Waals surface area contributed by atoms with Crippen LogP contribution in [0.15, 0.2) is 48.5 Å². The van der Waals surface area contributed by atoms with Crippen LogP contribution in [0.2, 0.25) is 0 Å². The van der Waals surface area contributed by atoms with Crippen molar-refractivity contribution in [1.82, 2.24) is 10.2 Å². The molecule has 1 fully saturated rings. The van der Waals surface area contributed by atoms with Crippen LogP contribution < -0.4 is 5.32 Å². The lowest BCUT2D eigenvalue weighted by Crippen LogP contribution is -2.19. The van der Waals surface area contributed by atoms with Gasteiger partial charge < -0.3 is 5.32 Å². The molecule has 4 rings (SSSR count). The highest BCUT2D eigenvalue weighted by Crippen LogP contribution is 2.39. The van der Waals surface area contributed by atoms with Crippen LogP contribution in [0.25, 0.3) is 10.8 Å². The first kappa shape index (κ1) is 14.0. The van der Waals surface area contributed by atoms with E-state index in [1.54, 1.807) is 0 Å². The molecule has 0 spiro atoms. The van der Waals surface area contributed by atoms with Crippen LogP contribution in [-0.2, 0) is 4.79 Å². The standard InChI is InChI=1S/C19H19N3O/c1-12(15-9-6-13-4-2-3-5-16(13)10-15)19(23)20-18-11-17(21-22-18)14-7-8-14/h2-6,9-12,14H,7-8H2,1H3,(H2,20,21,22,23)/t12-/m0/s1. The van der Waals surface area contributed by atoms with E-state index in [1.807, 2.05) is 31.2 Å². The first-order chi connectivity index (χ1) is 11.2. The number of hydrogen-bond acceptors (Lipinski definition) is 2. The van der Waals surface area contributed by atoms with Crippen molar-refractivity contribution in [2.24, 2.45) is 0 Å². The first-order valence-electron chi connectivity index (χ1n) is 8.05. The van der Waals surface area contributed by atoms with E-state index >= 15 is 0 Å². The van der Waals surface area contributed by atoms with Gasteiger partial charge in [0.15, 0.2) is 5.82 Å². The molecular weight excluding hydrogens is 286 g/mol. The zero-order chi connectivity index (χ0) is 15.8. The Kier molecular flexibility index (Phi) is 3.37. The lowest BCUT2D eigenvalue weighted by Gasteiger charge is -2.12. The topological polar surface area (TPSA) is 57.8 Å². The summed E-state index contributed by atoms with van der Waals surface area (Å²) in [4.78, 5) is 12.5. The first-order valence-corrected chi connectivity index (χ1v) is 8.05. The van der Waals surface area contributed by atoms with Gasteiger partial charge in [-0.05, 0) is 36.1 Å². The maximum atomic E-state index is 12.5. The van der Waals surface area contributed by atoms with Gasteiger partial charge in [0, 0.05) is 17.7 Å². The van der Waals surface area contributed by atoms with E-state index in [1.165, 1.54) is 18.2 Å². The molecule has 0 bridgehead atoms. The highest BCUT2D eigenvalue weighted by molar-refractivity contribution is 5.95. The monoisotopic (exact) mass is 305 g/mol. The number of rotatable bonds is 4. The highest BCUT2D eigenvalue weighted by atomic mass is 16.1. The maximum Gasteiger partial charge on any atom is 0.232 e. The molecule has 1 aliphatic carbocycles. The molecule has 1 aromatic heterocycles. The van der Waals surface area contributed by atoms with Crippen LogP contribution in [0.1, 0.15) is 42.9 Å². The van der Waals surface area contributed by atoms with E-state index < -0.39 is 0 Å². The van der Waals surface area contributed by atoms with E-state index in [-0.39, 0.29) is 11.8 Å². The van der Waals surface area contributed by atoms with Gasteiger partial charge in [-0.3, -0.25) is 9.89 Å². The van der Waals surface area contributed by atoms with Crippen molar-refractivity contribution in [2.45, 2.75) is 31.6 Å². The summed E-state index contributed by atoms with van der Waals surface area (Å²) >= 11 is 0. The number of aromatic amines is 1. The minimum absolute atomic E-state index is 0.0332. The fourth-order valence-electron chi connectivity index (χ4n) is 2.87. The van der Waals surface area contributed by atoms with Gasteiger partial charge in [-0.25, -0.2) is 0 Å². The Bertz CT molecular complexity index is 864. The molecule has 1 heterocycles. The fraction of sp³-hybridized carbons (Fsp3) is 0.263. The maximum absolute atomic E-state index is 12.5. The lowest BCUT2D eigenvalue weighted by molar-refractivity contribution is -0.117. The molecule has 4 heteroatoms. The third kappa shape index (κ3) is 2.84. The van der Waals surface area contributed by atoms with Crippen molar-refractivity contribution < 1.29 is 4.79 Å². The number of anilines is 1. The van der Waals surface area contributed by atoms with Crippen LogP contribution in [-0.4, -0.2) is 16.1 Å². The minimum Gasteiger partial charge on any atom is -0.309 e. The molecule has 1 amide bonds. The van der Waals surface area contributed by atoms with Crippen molar-refractivity contribution in [2.75, 3.05) is 5.32 Å². The summed E-state index contributed by atoms with van der Waals surface area (Å²) in [6.45, 7) is 1.92. The molecule has 23 heavy (non-hydrogen) atoms. The van der Waals surface area contributed by atoms with Crippen molar-refractivity contribution >= 4 is 22.5 Å². The van der Waals surface area contributed by atoms with Crippen LogP contribution >= 0.6 is 0 Å². The molecule has 0 saturated heterocycles. The Morgan fingerprint density at radius 3 is 2.74 bits per heavy atom. The summed E-state index contributed by atoms with van der Waals surface area (Å²) < 4.78 is 0. The summed E-state index contributed by atoms with van der Waals surface area (Å²) in [7, 11) is 0. The quantitative estimate of drug-likeness (QED) is 0.759. The Hall–Kier alpha value is -2.62. The number of fused-ring (bicyclic) bond motifs is 1. The largest absolute Gasteiger partial charge is 0.309 e. The summed E-state index contributed by atoms with van der Waals surface area (Å²) in [6.07, 6.45) is 2.42. The number of aromatic nitrogens is 2. The molecule has 4 nitrogen and oxygen atoms in total. The zero-order valence-corrected chi connectivity index (χ0v) is 13.0. The number of nitrogens with zero attached hydrogens (tertiary/aromatic N) is 1. The highest BCUT2D eigenvalue weighted by Gasteiger charge is 2.26. The summed E-state index contributed by atoms with van der Waals surface area (Å²) in [5, 5.41) is 12.4. The van der Waals surface area contributed by atoms with Crippen LogP contribution in [0.5, 0.6) is 0 Å². The molecule has 0 aliphatic heterocycles. The summed E-state index contributed by atoms with van der Waals surface area (Å²) in [5.41, 5.74) is 2.14. The van der Waals surface area contributed by atoms with Crippen LogP contribution in [0.3, 0.4) is 0 Å². The van der Waals surface area contributed by atoms with Gasteiger partial charge in [0.1, 0.15) is 0 Å². The molecule has 2 aromatic carbocycles. The summed E-state index contributed by atoms with van der Waals surface area (Å²) in [6, 6.07) is 16.3. The Morgan fingerprint density at radius 2 is 1.96 bits per heavy atom. The number of carbonyl (C=O) groups is 1. The van der Waals surface area contributed by atoms with Crippen LogP contribution in [0, 0.1) is 0 Å². The van der Waals surface area contributed by atoms with E-state index in [2.05, 4.69) is 39.8 Å². The second kappa shape index (κ2) is 5.54. The number of benzene rings is 2. The van der Waals surface area contributed by atoms with E-state index in [9.17, 15) is 4.79 Å². The normalized spacial score (nSPS) is 15.5. The Balaban J connectivity index is 1.51. The Morgan fingerprint density at radius 1 is 1.17 bits per heavy atom. The van der Waals surface area contributed by atoms with Gasteiger partial charge in [-0.2, -0.15) is 5.10 Å². The third-order valence-electron chi connectivity index (χ3n) is 4.53. The van der Waals surface area contributed by atoms with Crippen molar-refractivity contribution in [3.63, 3.8) is 0 Å². The molecule has 3 aromatic rings. The number of amides is 1. The smallest absolute Gasteiger partial charge is 0.232 e. The van der Waals surface area contributed by atoms with Gasteiger partial charge in [0.2, 0.25) is 5.91 Å².